The molecule has 11 heteroatoms. The Hall–Kier alpha value is -2.14. The van der Waals surface area contributed by atoms with Crippen molar-refractivity contribution in [2.45, 2.75) is 50.8 Å². The summed E-state index contributed by atoms with van der Waals surface area (Å²) >= 11 is 0. The number of carbonyl (C=O) groups excluding carboxylic acids is 2. The Labute approximate surface area is 137 Å². The zero-order chi connectivity index (χ0) is 17.9. The van der Waals surface area contributed by atoms with E-state index in [0.29, 0.717) is 0 Å². The Balaban J connectivity index is 1.75. The maximum absolute atomic E-state index is 11.7. The van der Waals surface area contributed by atoms with Gasteiger partial charge in [-0.05, 0) is 20.8 Å². The fourth-order valence-electron chi connectivity index (χ4n) is 2.43. The molecule has 11 nitrogen and oxygen atoms in total. The highest BCUT2D eigenvalue weighted by Gasteiger charge is 2.51. The molecule has 24 heavy (non-hydrogen) atoms. The average molecular weight is 348 g/mol. The summed E-state index contributed by atoms with van der Waals surface area (Å²) < 4.78 is 20.9. The van der Waals surface area contributed by atoms with E-state index in [-0.39, 0.29) is 19.8 Å². The lowest BCUT2D eigenvalue weighted by Crippen LogP contribution is -2.40. The lowest BCUT2D eigenvalue weighted by atomic mass is 10.1. The molecule has 4 atom stereocenters. The fourth-order valence-corrected chi connectivity index (χ4v) is 2.43. The second kappa shape index (κ2) is 7.18. The second-order valence-electron chi connectivity index (χ2n) is 6.35. The van der Waals surface area contributed by atoms with Crippen LogP contribution in [0.2, 0.25) is 0 Å². The zero-order valence-electron chi connectivity index (χ0n) is 13.6. The molecule has 2 heterocycles. The first-order chi connectivity index (χ1) is 11.2. The van der Waals surface area contributed by atoms with Crippen LogP contribution in [0.15, 0.2) is 0 Å². The lowest BCUT2D eigenvalue weighted by molar-refractivity contribution is -0.769. The Morgan fingerprint density at radius 2 is 1.79 bits per heavy atom. The summed E-state index contributed by atoms with van der Waals surface area (Å²) in [6.45, 7) is 4.77. The van der Waals surface area contributed by atoms with E-state index in [1.54, 1.807) is 20.8 Å². The summed E-state index contributed by atoms with van der Waals surface area (Å²) in [6.07, 6.45) is -3.77. The molecule has 0 spiro atoms. The zero-order valence-corrected chi connectivity index (χ0v) is 13.6. The van der Waals surface area contributed by atoms with Crippen LogP contribution in [0.25, 0.3) is 0 Å². The molecule has 0 aromatic rings. The third-order valence-electron chi connectivity index (χ3n) is 3.24. The van der Waals surface area contributed by atoms with Gasteiger partial charge in [-0.1, -0.05) is 0 Å². The molecule has 0 aliphatic carbocycles. The molecule has 2 saturated heterocycles. The molecular formula is C13H20N2O9. The number of amides is 1. The molecule has 1 N–H and O–H groups in total. The number of esters is 1. The van der Waals surface area contributed by atoms with E-state index >= 15 is 0 Å². The molecule has 0 radical (unpaired) electrons. The van der Waals surface area contributed by atoms with Crippen molar-refractivity contribution >= 4 is 12.1 Å². The minimum atomic E-state index is -0.915. The van der Waals surface area contributed by atoms with Crippen LogP contribution in [-0.4, -0.2) is 66.9 Å². The quantitative estimate of drug-likeness (QED) is 0.407. The lowest BCUT2D eigenvalue weighted by Gasteiger charge is -2.20. The number of nitrogens with one attached hydrogen (secondary N) is 1. The van der Waals surface area contributed by atoms with Crippen LogP contribution in [0.4, 0.5) is 4.79 Å². The number of carbonyl (C=O) groups is 2. The molecule has 0 aromatic carbocycles. The predicted octanol–water partition coefficient (Wildman–Crippen LogP) is -0.203. The van der Waals surface area contributed by atoms with Gasteiger partial charge in [0.1, 0.15) is 24.4 Å². The molecule has 0 saturated carbocycles. The van der Waals surface area contributed by atoms with Crippen molar-refractivity contribution in [1.82, 2.24) is 5.32 Å². The summed E-state index contributed by atoms with van der Waals surface area (Å²) in [5, 5.41) is 11.7. The number of hydrogen-bond acceptors (Lipinski definition) is 9. The Morgan fingerprint density at radius 1 is 1.21 bits per heavy atom. The van der Waals surface area contributed by atoms with Crippen LogP contribution in [0.5, 0.6) is 0 Å². The normalized spacial score (nSPS) is 28.8. The number of nitrogens with zero attached hydrogens (tertiary/aromatic N) is 1. The van der Waals surface area contributed by atoms with Crippen LogP contribution in [-0.2, 0) is 28.6 Å². The molecule has 2 rings (SSSR count). The highest BCUT2D eigenvalue weighted by atomic mass is 17.0. The van der Waals surface area contributed by atoms with Gasteiger partial charge in [0.15, 0.2) is 12.2 Å². The summed E-state index contributed by atoms with van der Waals surface area (Å²) in [6, 6.07) is 0. The van der Waals surface area contributed by atoms with Gasteiger partial charge in [-0.15, -0.1) is 10.1 Å². The minimum Gasteiger partial charge on any atom is -0.459 e. The van der Waals surface area contributed by atoms with Crippen molar-refractivity contribution in [2.24, 2.45) is 0 Å². The van der Waals surface area contributed by atoms with Crippen LogP contribution < -0.4 is 5.32 Å². The summed E-state index contributed by atoms with van der Waals surface area (Å²) in [5.74, 6) is -0.600. The van der Waals surface area contributed by atoms with Gasteiger partial charge in [0.05, 0.1) is 13.2 Å². The highest BCUT2D eigenvalue weighted by Crippen LogP contribution is 2.30. The molecule has 0 bridgehead atoms. The molecule has 2 fully saturated rings. The van der Waals surface area contributed by atoms with Crippen molar-refractivity contribution < 1.29 is 38.5 Å². The van der Waals surface area contributed by atoms with Gasteiger partial charge in [0.2, 0.25) is 0 Å². The van der Waals surface area contributed by atoms with Crippen molar-refractivity contribution in [3.63, 3.8) is 0 Å². The first-order valence-corrected chi connectivity index (χ1v) is 7.36. The average Bonchev–Trinajstić information content (AvgIpc) is 2.99. The van der Waals surface area contributed by atoms with E-state index in [2.05, 4.69) is 10.2 Å². The van der Waals surface area contributed by atoms with E-state index in [4.69, 9.17) is 18.9 Å². The maximum Gasteiger partial charge on any atom is 0.408 e. The summed E-state index contributed by atoms with van der Waals surface area (Å²) in [4.78, 5) is 38.1. The third-order valence-corrected chi connectivity index (χ3v) is 3.24. The van der Waals surface area contributed by atoms with Crippen LogP contribution >= 0.6 is 0 Å². The topological polar surface area (TPSA) is 135 Å². The SMILES string of the molecule is CC(C)(C)OC(=O)CNC(=O)O[C@H]1CO[C@@H]2C(O[N+](=O)[O-])CO[C@H]12. The summed E-state index contributed by atoms with van der Waals surface area (Å²) in [7, 11) is 0. The smallest absolute Gasteiger partial charge is 0.408 e. The van der Waals surface area contributed by atoms with Crippen molar-refractivity contribution in [1.29, 1.82) is 0 Å². The standard InChI is InChI=1S/C13H20N2O9/c1-13(2,3)23-9(16)4-14-12(17)22-7-5-20-11-8(24-15(18)19)6-21-10(7)11/h7-8,10-11H,4-6H2,1-3H3,(H,14,17)/t7-,8?,10+,11+/m0/s1. The van der Waals surface area contributed by atoms with Crippen molar-refractivity contribution in [3.8, 4) is 0 Å². The predicted molar refractivity (Wildman–Crippen MR) is 75.5 cm³/mol. The molecule has 2 aliphatic heterocycles. The van der Waals surface area contributed by atoms with E-state index in [9.17, 15) is 19.7 Å². The molecule has 0 aromatic heterocycles. The van der Waals surface area contributed by atoms with Gasteiger partial charge in [0, 0.05) is 0 Å². The van der Waals surface area contributed by atoms with E-state index in [0.717, 1.165) is 0 Å². The van der Waals surface area contributed by atoms with Gasteiger partial charge in [-0.2, -0.15) is 0 Å². The number of alkyl carbamates (subject to hydrolysis) is 1. The first kappa shape index (κ1) is 18.2. The number of rotatable bonds is 5. The van der Waals surface area contributed by atoms with Crippen LogP contribution in [0.3, 0.4) is 0 Å². The molecule has 1 unspecified atom stereocenters. The van der Waals surface area contributed by atoms with E-state index in [1.807, 2.05) is 0 Å². The third kappa shape index (κ3) is 4.93. The van der Waals surface area contributed by atoms with Gasteiger partial charge < -0.3 is 29.1 Å². The van der Waals surface area contributed by atoms with Gasteiger partial charge in [0.25, 0.3) is 5.09 Å². The highest BCUT2D eigenvalue weighted by molar-refractivity contribution is 5.78. The van der Waals surface area contributed by atoms with Crippen molar-refractivity contribution in [2.75, 3.05) is 19.8 Å². The maximum atomic E-state index is 11.7. The Morgan fingerprint density at radius 3 is 2.38 bits per heavy atom. The Bertz CT molecular complexity index is 504. The molecule has 1 amide bonds. The molecular weight excluding hydrogens is 328 g/mol. The fraction of sp³-hybridized carbons (Fsp3) is 0.846. The number of fused-ring (bicyclic) bond motifs is 1. The number of hydrogen-bond donors (Lipinski definition) is 1. The van der Waals surface area contributed by atoms with E-state index < -0.39 is 47.2 Å². The molecule has 136 valence electrons. The van der Waals surface area contributed by atoms with E-state index in [1.165, 1.54) is 0 Å². The number of ether oxygens (including phenoxy) is 4. The minimum absolute atomic E-state index is 0.0206. The van der Waals surface area contributed by atoms with Gasteiger partial charge in [-0.25, -0.2) is 4.79 Å². The van der Waals surface area contributed by atoms with Crippen LogP contribution in [0, 0.1) is 10.1 Å². The first-order valence-electron chi connectivity index (χ1n) is 7.36. The largest absolute Gasteiger partial charge is 0.459 e. The van der Waals surface area contributed by atoms with Crippen molar-refractivity contribution in [3.05, 3.63) is 10.1 Å². The molecule has 2 aliphatic rings. The monoisotopic (exact) mass is 348 g/mol. The Kier molecular flexibility index (Phi) is 5.44. The van der Waals surface area contributed by atoms with Gasteiger partial charge >= 0.3 is 12.1 Å². The summed E-state index contributed by atoms with van der Waals surface area (Å²) in [5.41, 5.74) is -0.654. The second-order valence-corrected chi connectivity index (χ2v) is 6.35. The van der Waals surface area contributed by atoms with Gasteiger partial charge in [-0.3, -0.25) is 4.79 Å². The van der Waals surface area contributed by atoms with Crippen LogP contribution in [0.1, 0.15) is 20.8 Å².